The number of benzene rings is 2. The van der Waals surface area contributed by atoms with E-state index >= 15 is 0 Å². The molecule has 3 rings (SSSR count). The molecule has 0 bridgehead atoms. The van der Waals surface area contributed by atoms with Crippen molar-refractivity contribution in [3.05, 3.63) is 70.2 Å². The molecule has 1 aliphatic rings. The van der Waals surface area contributed by atoms with Gasteiger partial charge in [0.05, 0.1) is 0 Å². The van der Waals surface area contributed by atoms with Crippen molar-refractivity contribution in [2.24, 2.45) is 0 Å². The van der Waals surface area contributed by atoms with Gasteiger partial charge in [0.1, 0.15) is 0 Å². The molecule has 23 heavy (non-hydrogen) atoms. The van der Waals surface area contributed by atoms with Crippen molar-refractivity contribution >= 4 is 23.4 Å². The fourth-order valence-electron chi connectivity index (χ4n) is 2.19. The molecule has 118 valence electrons. The van der Waals surface area contributed by atoms with Gasteiger partial charge in [-0.3, -0.25) is 9.59 Å². The Hall–Kier alpha value is -2.33. The fourth-order valence-corrected chi connectivity index (χ4v) is 2.39. The highest BCUT2D eigenvalue weighted by atomic mass is 35.5. The molecule has 2 amide bonds. The summed E-state index contributed by atoms with van der Waals surface area (Å²) in [6.07, 6.45) is 2.10. The van der Waals surface area contributed by atoms with E-state index in [1.807, 2.05) is 18.2 Å². The summed E-state index contributed by atoms with van der Waals surface area (Å²) in [6.45, 7) is 0.364. The molecule has 1 saturated carbocycles. The number of hydrogen-bond donors (Lipinski definition) is 2. The van der Waals surface area contributed by atoms with Crippen LogP contribution in [0.4, 0.5) is 0 Å². The summed E-state index contributed by atoms with van der Waals surface area (Å²) < 4.78 is 0. The summed E-state index contributed by atoms with van der Waals surface area (Å²) in [5.74, 6) is -0.283. The average molecular weight is 329 g/mol. The maximum atomic E-state index is 12.1. The number of rotatable bonds is 5. The third-order valence-electron chi connectivity index (χ3n) is 3.72. The van der Waals surface area contributed by atoms with E-state index in [1.165, 1.54) is 0 Å². The number of halogens is 1. The lowest BCUT2D eigenvalue weighted by atomic mass is 10.1. The van der Waals surface area contributed by atoms with Gasteiger partial charge in [-0.25, -0.2) is 0 Å². The molecule has 0 atom stereocenters. The number of amides is 2. The maximum Gasteiger partial charge on any atom is 0.251 e. The third-order valence-corrected chi connectivity index (χ3v) is 4.09. The summed E-state index contributed by atoms with van der Waals surface area (Å²) in [6, 6.07) is 14.3. The molecule has 0 unspecified atom stereocenters. The molecule has 2 aromatic carbocycles. The van der Waals surface area contributed by atoms with Crippen LogP contribution >= 0.6 is 11.6 Å². The molecule has 4 nitrogen and oxygen atoms in total. The minimum atomic E-state index is -0.195. The van der Waals surface area contributed by atoms with Gasteiger partial charge in [-0.05, 0) is 48.7 Å². The van der Waals surface area contributed by atoms with Gasteiger partial charge in [-0.15, -0.1) is 0 Å². The Labute approximate surface area is 139 Å². The van der Waals surface area contributed by atoms with Crippen molar-refractivity contribution in [3.63, 3.8) is 0 Å². The summed E-state index contributed by atoms with van der Waals surface area (Å²) in [7, 11) is 0. The summed E-state index contributed by atoms with van der Waals surface area (Å²) in [4.78, 5) is 24.0. The monoisotopic (exact) mass is 328 g/mol. The van der Waals surface area contributed by atoms with Crippen molar-refractivity contribution in [1.82, 2.24) is 10.6 Å². The first-order chi connectivity index (χ1) is 11.1. The Morgan fingerprint density at radius 3 is 2.17 bits per heavy atom. The first-order valence-corrected chi connectivity index (χ1v) is 7.94. The summed E-state index contributed by atoms with van der Waals surface area (Å²) in [5, 5.41) is 6.37. The molecule has 1 aliphatic carbocycles. The van der Waals surface area contributed by atoms with Crippen LogP contribution in [-0.2, 0) is 6.54 Å². The van der Waals surface area contributed by atoms with Crippen molar-refractivity contribution in [2.45, 2.75) is 25.4 Å². The van der Waals surface area contributed by atoms with Gasteiger partial charge in [0.25, 0.3) is 11.8 Å². The molecular weight excluding hydrogens is 312 g/mol. The predicted octanol–water partition coefficient (Wildman–Crippen LogP) is 3.16. The highest BCUT2D eigenvalue weighted by molar-refractivity contribution is 6.31. The van der Waals surface area contributed by atoms with Gasteiger partial charge < -0.3 is 10.6 Å². The largest absolute Gasteiger partial charge is 0.349 e. The Morgan fingerprint density at radius 2 is 1.57 bits per heavy atom. The van der Waals surface area contributed by atoms with Gasteiger partial charge in [-0.1, -0.05) is 29.8 Å². The molecule has 0 aliphatic heterocycles. The minimum absolute atomic E-state index is 0.0875. The van der Waals surface area contributed by atoms with E-state index in [0.717, 1.165) is 18.4 Å². The van der Waals surface area contributed by atoms with E-state index in [0.29, 0.717) is 28.7 Å². The molecule has 2 aromatic rings. The Kier molecular flexibility index (Phi) is 4.63. The molecular formula is C18H17ClN2O2. The second kappa shape index (κ2) is 6.84. The zero-order valence-electron chi connectivity index (χ0n) is 12.5. The van der Waals surface area contributed by atoms with E-state index < -0.39 is 0 Å². The van der Waals surface area contributed by atoms with Crippen LogP contribution in [0.25, 0.3) is 0 Å². The number of carbonyl (C=O) groups excluding carboxylic acids is 2. The highest BCUT2D eigenvalue weighted by Crippen LogP contribution is 2.19. The summed E-state index contributed by atoms with van der Waals surface area (Å²) in [5.41, 5.74) is 1.95. The molecule has 2 N–H and O–H groups in total. The van der Waals surface area contributed by atoms with E-state index in [1.54, 1.807) is 30.3 Å². The van der Waals surface area contributed by atoms with Crippen LogP contribution in [-0.4, -0.2) is 17.9 Å². The zero-order chi connectivity index (χ0) is 16.2. The normalized spacial score (nSPS) is 13.4. The van der Waals surface area contributed by atoms with E-state index in [4.69, 9.17) is 11.6 Å². The molecule has 0 spiro atoms. The zero-order valence-corrected chi connectivity index (χ0v) is 13.3. The van der Waals surface area contributed by atoms with Gasteiger partial charge in [0.15, 0.2) is 0 Å². The van der Waals surface area contributed by atoms with Crippen molar-refractivity contribution < 1.29 is 9.59 Å². The quantitative estimate of drug-likeness (QED) is 0.885. The highest BCUT2D eigenvalue weighted by Gasteiger charge is 2.23. The van der Waals surface area contributed by atoms with Gasteiger partial charge >= 0.3 is 0 Å². The van der Waals surface area contributed by atoms with Gasteiger partial charge in [0, 0.05) is 28.7 Å². The van der Waals surface area contributed by atoms with Crippen LogP contribution < -0.4 is 10.6 Å². The lowest BCUT2D eigenvalue weighted by Crippen LogP contribution is -2.26. The molecule has 0 radical (unpaired) electrons. The smallest absolute Gasteiger partial charge is 0.251 e. The van der Waals surface area contributed by atoms with E-state index in [-0.39, 0.29) is 11.8 Å². The first-order valence-electron chi connectivity index (χ1n) is 7.56. The molecule has 0 saturated heterocycles. The topological polar surface area (TPSA) is 58.2 Å². The SMILES string of the molecule is O=C(NCc1ccccc1Cl)c1ccc(C(=O)NC2CC2)cc1. The molecule has 5 heteroatoms. The second-order valence-corrected chi connectivity index (χ2v) is 6.01. The van der Waals surface area contributed by atoms with Crippen molar-refractivity contribution in [2.75, 3.05) is 0 Å². The fraction of sp³-hybridized carbons (Fsp3) is 0.222. The third kappa shape index (κ3) is 4.11. The Balaban J connectivity index is 1.59. The standard InChI is InChI=1S/C18H17ClN2O2/c19-16-4-2-1-3-14(16)11-20-17(22)12-5-7-13(8-6-12)18(23)21-15-9-10-15/h1-8,15H,9-11H2,(H,20,22)(H,21,23). The number of carbonyl (C=O) groups is 2. The molecule has 1 fully saturated rings. The van der Waals surface area contributed by atoms with Crippen LogP contribution in [0.5, 0.6) is 0 Å². The van der Waals surface area contributed by atoms with Gasteiger partial charge in [0.2, 0.25) is 0 Å². The minimum Gasteiger partial charge on any atom is -0.349 e. The predicted molar refractivity (Wildman–Crippen MR) is 89.6 cm³/mol. The van der Waals surface area contributed by atoms with E-state index in [2.05, 4.69) is 10.6 Å². The second-order valence-electron chi connectivity index (χ2n) is 5.60. The molecule has 0 aromatic heterocycles. The Morgan fingerprint density at radius 1 is 0.957 bits per heavy atom. The van der Waals surface area contributed by atoms with Gasteiger partial charge in [-0.2, -0.15) is 0 Å². The van der Waals surface area contributed by atoms with Crippen LogP contribution in [0.1, 0.15) is 39.1 Å². The van der Waals surface area contributed by atoms with E-state index in [9.17, 15) is 9.59 Å². The van der Waals surface area contributed by atoms with Crippen LogP contribution in [0.3, 0.4) is 0 Å². The van der Waals surface area contributed by atoms with Crippen LogP contribution in [0.2, 0.25) is 5.02 Å². The van der Waals surface area contributed by atoms with Crippen molar-refractivity contribution in [1.29, 1.82) is 0 Å². The summed E-state index contributed by atoms with van der Waals surface area (Å²) >= 11 is 6.06. The van der Waals surface area contributed by atoms with Crippen LogP contribution in [0, 0.1) is 0 Å². The van der Waals surface area contributed by atoms with Crippen molar-refractivity contribution in [3.8, 4) is 0 Å². The lowest BCUT2D eigenvalue weighted by molar-refractivity contribution is 0.0939. The van der Waals surface area contributed by atoms with Crippen LogP contribution in [0.15, 0.2) is 48.5 Å². The number of hydrogen-bond acceptors (Lipinski definition) is 2. The first kappa shape index (κ1) is 15.6. The maximum absolute atomic E-state index is 12.1. The average Bonchev–Trinajstić information content (AvgIpc) is 3.38. The number of nitrogens with one attached hydrogen (secondary N) is 2. The molecule has 0 heterocycles. The Bertz CT molecular complexity index is 724. The lowest BCUT2D eigenvalue weighted by Gasteiger charge is -2.08.